The van der Waals surface area contributed by atoms with Gasteiger partial charge in [-0.1, -0.05) is 6.07 Å². The van der Waals surface area contributed by atoms with Crippen molar-refractivity contribution in [2.45, 2.75) is 96.2 Å². The molecule has 344 valence electrons. The summed E-state index contributed by atoms with van der Waals surface area (Å²) in [5, 5.41) is 18.0. The number of likely N-dealkylation sites (tertiary alicyclic amines) is 2. The average Bonchev–Trinajstić information content (AvgIpc) is 3.90. The number of nitrogens with zero attached hydrogens (tertiary/aromatic N) is 8. The van der Waals surface area contributed by atoms with E-state index in [4.69, 9.17) is 5.10 Å². The summed E-state index contributed by atoms with van der Waals surface area (Å²) < 4.78 is 33.2. The number of fused-ring (bicyclic) bond motifs is 2. The minimum absolute atomic E-state index is 0.0152. The summed E-state index contributed by atoms with van der Waals surface area (Å²) in [5.74, 6) is 0.315. The molecule has 7 heterocycles. The van der Waals surface area contributed by atoms with Gasteiger partial charge in [-0.3, -0.25) is 43.6 Å². The topological polar surface area (TPSA) is 170 Å². The number of imide groups is 1. The van der Waals surface area contributed by atoms with Gasteiger partial charge >= 0.3 is 0 Å². The number of carbonyl (C=O) groups is 5. The van der Waals surface area contributed by atoms with E-state index in [0.717, 1.165) is 79.9 Å². The van der Waals surface area contributed by atoms with Crippen LogP contribution in [0.5, 0.6) is 0 Å². The quantitative estimate of drug-likeness (QED) is 0.167. The van der Waals surface area contributed by atoms with Crippen molar-refractivity contribution in [2.24, 2.45) is 13.0 Å². The number of amides is 5. The molecule has 65 heavy (non-hydrogen) atoms. The Morgan fingerprint density at radius 1 is 0.908 bits per heavy atom. The highest BCUT2D eigenvalue weighted by molar-refractivity contribution is 6.01. The maximum atomic E-state index is 14.7. The molecule has 0 radical (unpaired) electrons. The van der Waals surface area contributed by atoms with E-state index in [1.54, 1.807) is 55.3 Å². The van der Waals surface area contributed by atoms with E-state index in [9.17, 15) is 32.8 Å². The summed E-state index contributed by atoms with van der Waals surface area (Å²) in [5.41, 5.74) is 6.12. The van der Waals surface area contributed by atoms with Gasteiger partial charge in [-0.25, -0.2) is 8.78 Å². The first-order valence-corrected chi connectivity index (χ1v) is 22.9. The second kappa shape index (κ2) is 18.7. The zero-order valence-corrected chi connectivity index (χ0v) is 37.0. The van der Waals surface area contributed by atoms with Gasteiger partial charge in [-0.2, -0.15) is 10.2 Å². The first kappa shape index (κ1) is 44.1. The van der Waals surface area contributed by atoms with Crippen molar-refractivity contribution in [3.8, 4) is 11.1 Å². The zero-order chi connectivity index (χ0) is 45.4. The van der Waals surface area contributed by atoms with Crippen LogP contribution >= 0.6 is 0 Å². The highest BCUT2D eigenvalue weighted by Gasteiger charge is 2.36. The van der Waals surface area contributed by atoms with Crippen LogP contribution in [0.15, 0.2) is 48.8 Å². The number of aromatic nitrogens is 4. The summed E-state index contributed by atoms with van der Waals surface area (Å²) in [6.07, 6.45) is 7.17. The molecule has 16 nitrogen and oxygen atoms in total. The molecule has 2 aromatic carbocycles. The number of anilines is 4. The van der Waals surface area contributed by atoms with Crippen molar-refractivity contribution in [3.63, 3.8) is 0 Å². The van der Waals surface area contributed by atoms with Gasteiger partial charge < -0.3 is 25.3 Å². The fourth-order valence-electron chi connectivity index (χ4n) is 10.3. The van der Waals surface area contributed by atoms with Crippen molar-refractivity contribution in [1.29, 1.82) is 0 Å². The molecule has 5 aliphatic heterocycles. The second-order valence-electron chi connectivity index (χ2n) is 18.2. The van der Waals surface area contributed by atoms with Crippen LogP contribution in [0.1, 0.15) is 93.1 Å². The SMILES string of the molecule is CC(=O)N1CCc2c(c(N3CCCc4cc(-c5cnn(C)c5)c(C(F)F)cc43)nn2C2CCN(C(=O)CC3CCN(CC(=O)Nc4cccc(NC5CCC(=O)NC5=O)c4)CC3)CC2)C1. The summed E-state index contributed by atoms with van der Waals surface area (Å²) in [6, 6.07) is 10.2. The van der Waals surface area contributed by atoms with E-state index in [1.807, 2.05) is 21.9 Å². The second-order valence-corrected chi connectivity index (χ2v) is 18.2. The highest BCUT2D eigenvalue weighted by atomic mass is 19.3. The normalized spacial score (nSPS) is 19.8. The van der Waals surface area contributed by atoms with E-state index >= 15 is 0 Å². The van der Waals surface area contributed by atoms with Gasteiger partial charge in [0.15, 0.2) is 5.82 Å². The molecule has 5 amide bonds. The molecule has 0 aliphatic carbocycles. The molecule has 0 spiro atoms. The Morgan fingerprint density at radius 3 is 2.42 bits per heavy atom. The Hall–Kier alpha value is -6.17. The van der Waals surface area contributed by atoms with Gasteiger partial charge in [-0.15, -0.1) is 0 Å². The maximum Gasteiger partial charge on any atom is 0.264 e. The number of nitrogens with one attached hydrogen (secondary N) is 3. The number of halogens is 2. The fourth-order valence-corrected chi connectivity index (χ4v) is 10.3. The molecule has 9 rings (SSSR count). The smallest absolute Gasteiger partial charge is 0.264 e. The van der Waals surface area contributed by atoms with Crippen LogP contribution in [0.2, 0.25) is 0 Å². The standard InChI is InChI=1S/C47H57F2N11O5/c1-29(61)58-20-14-40-38(27-58)46(59-15-4-5-31-22-36(32-25-50-55(2)26-32)37(45(48)49)24-41(31)59)54-60(40)35-12-18-57(19-13-35)44(64)21-30-10-16-56(17-11-30)28-43(63)52-34-7-3-6-33(23-34)51-39-8-9-42(62)53-47(39)65/h3,6-7,22-26,30,35,39,45,51H,4-5,8-21,27-28H2,1-2H3,(H,52,63)(H,53,62,65). The lowest BCUT2D eigenvalue weighted by Crippen LogP contribution is -2.47. The molecule has 18 heteroatoms. The molecule has 3 saturated heterocycles. The third kappa shape index (κ3) is 9.63. The summed E-state index contributed by atoms with van der Waals surface area (Å²) in [6.45, 7) is 6.06. The maximum absolute atomic E-state index is 14.7. The number of rotatable bonds is 11. The van der Waals surface area contributed by atoms with Crippen molar-refractivity contribution in [1.82, 2.24) is 39.6 Å². The lowest BCUT2D eigenvalue weighted by Gasteiger charge is -2.36. The molecule has 1 unspecified atom stereocenters. The Morgan fingerprint density at radius 2 is 1.69 bits per heavy atom. The first-order chi connectivity index (χ1) is 31.4. The van der Waals surface area contributed by atoms with Gasteiger partial charge in [0.2, 0.25) is 29.5 Å². The largest absolute Gasteiger partial charge is 0.374 e. The third-order valence-electron chi connectivity index (χ3n) is 13.8. The molecular formula is C47H57F2N11O5. The Balaban J connectivity index is 0.802. The number of hydrogen-bond acceptors (Lipinski definition) is 10. The van der Waals surface area contributed by atoms with Crippen LogP contribution in [-0.4, -0.2) is 116 Å². The van der Waals surface area contributed by atoms with Gasteiger partial charge in [0.25, 0.3) is 6.43 Å². The van der Waals surface area contributed by atoms with E-state index in [0.29, 0.717) is 74.5 Å². The molecule has 3 N–H and O–H groups in total. The van der Waals surface area contributed by atoms with Crippen molar-refractivity contribution in [3.05, 3.63) is 71.2 Å². The van der Waals surface area contributed by atoms with Gasteiger partial charge in [0.1, 0.15) is 6.04 Å². The Labute approximate surface area is 376 Å². The lowest BCUT2D eigenvalue weighted by atomic mass is 9.92. The Bertz CT molecular complexity index is 2470. The molecule has 3 fully saturated rings. The molecule has 1 atom stereocenters. The van der Waals surface area contributed by atoms with Gasteiger partial charge in [0.05, 0.1) is 25.3 Å². The first-order valence-electron chi connectivity index (χ1n) is 22.9. The van der Waals surface area contributed by atoms with E-state index in [2.05, 4.69) is 35.5 Å². The number of alkyl halides is 2. The number of benzene rings is 2. The summed E-state index contributed by atoms with van der Waals surface area (Å²) >= 11 is 0. The number of carbonyl (C=O) groups excluding carboxylic acids is 5. The van der Waals surface area contributed by atoms with E-state index < -0.39 is 12.5 Å². The monoisotopic (exact) mass is 893 g/mol. The average molecular weight is 894 g/mol. The summed E-state index contributed by atoms with van der Waals surface area (Å²) in [4.78, 5) is 71.0. The minimum atomic E-state index is -2.69. The van der Waals surface area contributed by atoms with Gasteiger partial charge in [-0.05, 0) is 105 Å². The predicted molar refractivity (Wildman–Crippen MR) is 239 cm³/mol. The molecule has 4 aromatic rings. The van der Waals surface area contributed by atoms with Crippen molar-refractivity contribution >= 4 is 52.4 Å². The fraction of sp³-hybridized carbons (Fsp3) is 0.511. The van der Waals surface area contributed by atoms with Crippen LogP contribution in [0.3, 0.4) is 0 Å². The zero-order valence-electron chi connectivity index (χ0n) is 37.0. The van der Waals surface area contributed by atoms with Crippen LogP contribution in [0.4, 0.5) is 31.7 Å². The van der Waals surface area contributed by atoms with Crippen molar-refractivity contribution < 1.29 is 32.8 Å². The summed E-state index contributed by atoms with van der Waals surface area (Å²) in [7, 11) is 1.77. The van der Waals surface area contributed by atoms with Crippen LogP contribution < -0.4 is 20.9 Å². The van der Waals surface area contributed by atoms with Crippen LogP contribution in [0.25, 0.3) is 11.1 Å². The molecule has 2 aromatic heterocycles. The van der Waals surface area contributed by atoms with Crippen LogP contribution in [-0.2, 0) is 50.4 Å². The Kier molecular flexibility index (Phi) is 12.7. The minimum Gasteiger partial charge on any atom is -0.374 e. The molecular weight excluding hydrogens is 837 g/mol. The predicted octanol–water partition coefficient (Wildman–Crippen LogP) is 5.33. The lowest BCUT2D eigenvalue weighted by molar-refractivity contribution is -0.135. The number of hydrogen-bond donors (Lipinski definition) is 3. The number of aryl methyl sites for hydroxylation is 2. The molecule has 0 bridgehead atoms. The van der Waals surface area contributed by atoms with E-state index in [1.165, 1.54) is 0 Å². The van der Waals surface area contributed by atoms with E-state index in [-0.39, 0.29) is 60.0 Å². The third-order valence-corrected chi connectivity index (χ3v) is 13.8. The molecule has 0 saturated carbocycles. The van der Waals surface area contributed by atoms with Gasteiger partial charge in [0, 0.05) is 105 Å². The molecule has 5 aliphatic rings. The number of piperidine rings is 3. The van der Waals surface area contributed by atoms with Crippen LogP contribution in [0, 0.1) is 5.92 Å². The van der Waals surface area contributed by atoms with Crippen molar-refractivity contribution in [2.75, 3.05) is 61.3 Å². The highest BCUT2D eigenvalue weighted by Crippen LogP contribution is 2.44.